The van der Waals surface area contributed by atoms with Crippen molar-refractivity contribution in [2.24, 2.45) is 0 Å². The smallest absolute Gasteiger partial charge is 0.322 e. The van der Waals surface area contributed by atoms with E-state index in [4.69, 9.17) is 13.9 Å². The lowest BCUT2D eigenvalue weighted by Crippen LogP contribution is -2.45. The van der Waals surface area contributed by atoms with Crippen LogP contribution >= 0.6 is 0 Å². The molecule has 3 rings (SSSR count). The molecule has 0 radical (unpaired) electrons. The largest absolute Gasteiger partial charge is 0.464 e. The fourth-order valence-corrected chi connectivity index (χ4v) is 2.96. The molecule has 134 valence electrons. The van der Waals surface area contributed by atoms with E-state index in [1.54, 1.807) is 12.0 Å². The standard InChI is InChI=1S/C19H24N2O4/c1-3-15-8-9-18(25-15)17-13-24-11-10-21(17)19(22)20-16-7-5-4-6-14(16)12-23-2/h4-9,17H,3,10-13H2,1-2H3,(H,20,22)/t17-/m0/s1. The van der Waals surface area contributed by atoms with Crippen molar-refractivity contribution >= 4 is 11.7 Å². The highest BCUT2D eigenvalue weighted by molar-refractivity contribution is 5.90. The zero-order valence-electron chi connectivity index (χ0n) is 14.7. The summed E-state index contributed by atoms with van der Waals surface area (Å²) in [5.74, 6) is 1.67. The fourth-order valence-electron chi connectivity index (χ4n) is 2.96. The van der Waals surface area contributed by atoms with E-state index in [0.29, 0.717) is 26.4 Å². The van der Waals surface area contributed by atoms with Crippen LogP contribution in [0.4, 0.5) is 10.5 Å². The van der Waals surface area contributed by atoms with Gasteiger partial charge in [0.25, 0.3) is 0 Å². The first-order valence-electron chi connectivity index (χ1n) is 8.53. The molecule has 25 heavy (non-hydrogen) atoms. The van der Waals surface area contributed by atoms with Crippen molar-refractivity contribution in [3.05, 3.63) is 53.5 Å². The zero-order valence-corrected chi connectivity index (χ0v) is 14.7. The van der Waals surface area contributed by atoms with Gasteiger partial charge in [0.05, 0.1) is 19.8 Å². The van der Waals surface area contributed by atoms with E-state index in [9.17, 15) is 4.79 Å². The second-order valence-corrected chi connectivity index (χ2v) is 5.96. The van der Waals surface area contributed by atoms with Crippen molar-refractivity contribution < 1.29 is 18.7 Å². The normalized spacial score (nSPS) is 17.5. The fraction of sp³-hybridized carbons (Fsp3) is 0.421. The highest BCUT2D eigenvalue weighted by Gasteiger charge is 2.31. The molecule has 0 aliphatic carbocycles. The Morgan fingerprint density at radius 1 is 1.32 bits per heavy atom. The van der Waals surface area contributed by atoms with E-state index < -0.39 is 0 Å². The number of para-hydroxylation sites is 1. The molecule has 6 nitrogen and oxygen atoms in total. The lowest BCUT2D eigenvalue weighted by Gasteiger charge is -2.34. The minimum Gasteiger partial charge on any atom is -0.464 e. The van der Waals surface area contributed by atoms with Crippen LogP contribution in [0.5, 0.6) is 0 Å². The molecule has 2 aromatic rings. The van der Waals surface area contributed by atoms with Crippen molar-refractivity contribution in [3.8, 4) is 0 Å². The van der Waals surface area contributed by atoms with Crippen molar-refractivity contribution in [2.75, 3.05) is 32.2 Å². The van der Waals surface area contributed by atoms with Gasteiger partial charge in [0, 0.05) is 31.3 Å². The van der Waals surface area contributed by atoms with Crippen molar-refractivity contribution in [1.29, 1.82) is 0 Å². The van der Waals surface area contributed by atoms with E-state index in [1.807, 2.05) is 43.3 Å². The molecule has 1 aliphatic rings. The van der Waals surface area contributed by atoms with Crippen LogP contribution in [0, 0.1) is 0 Å². The maximum absolute atomic E-state index is 12.9. The number of benzene rings is 1. The average molecular weight is 344 g/mol. The van der Waals surface area contributed by atoms with Gasteiger partial charge in [-0.1, -0.05) is 25.1 Å². The summed E-state index contributed by atoms with van der Waals surface area (Å²) in [5.41, 5.74) is 1.70. The number of urea groups is 1. The van der Waals surface area contributed by atoms with Crippen LogP contribution in [-0.2, 0) is 22.5 Å². The van der Waals surface area contributed by atoms with Gasteiger partial charge in [0.15, 0.2) is 0 Å². The van der Waals surface area contributed by atoms with Crippen molar-refractivity contribution in [2.45, 2.75) is 26.0 Å². The third-order valence-electron chi connectivity index (χ3n) is 4.31. The number of hydrogen-bond acceptors (Lipinski definition) is 4. The summed E-state index contributed by atoms with van der Waals surface area (Å²) in [7, 11) is 1.64. The number of nitrogens with one attached hydrogen (secondary N) is 1. The SMILES string of the molecule is CCc1ccc([C@@H]2COCCN2C(=O)Nc2ccccc2COC)o1. The summed E-state index contributed by atoms with van der Waals surface area (Å²) in [6, 6.07) is 11.1. The highest BCUT2D eigenvalue weighted by Crippen LogP contribution is 2.27. The van der Waals surface area contributed by atoms with Crippen LogP contribution in [0.3, 0.4) is 0 Å². The number of hydrogen-bond donors (Lipinski definition) is 1. The van der Waals surface area contributed by atoms with Gasteiger partial charge >= 0.3 is 6.03 Å². The number of morpholine rings is 1. The molecular weight excluding hydrogens is 320 g/mol. The Morgan fingerprint density at radius 3 is 2.92 bits per heavy atom. The average Bonchev–Trinajstić information content (AvgIpc) is 3.12. The number of carbonyl (C=O) groups is 1. The highest BCUT2D eigenvalue weighted by atomic mass is 16.5. The van der Waals surface area contributed by atoms with Gasteiger partial charge in [-0.2, -0.15) is 0 Å². The topological polar surface area (TPSA) is 63.9 Å². The minimum atomic E-state index is -0.219. The van der Waals surface area contributed by atoms with Gasteiger partial charge in [-0.25, -0.2) is 4.79 Å². The first-order chi connectivity index (χ1) is 12.2. The molecule has 1 aromatic carbocycles. The van der Waals surface area contributed by atoms with Crippen molar-refractivity contribution in [1.82, 2.24) is 4.90 Å². The van der Waals surface area contributed by atoms with Gasteiger partial charge in [-0.15, -0.1) is 0 Å². The Bertz CT molecular complexity index is 713. The summed E-state index contributed by atoms with van der Waals surface area (Å²) in [5, 5.41) is 3.00. The number of methoxy groups -OCH3 is 1. The molecule has 1 N–H and O–H groups in total. The van der Waals surface area contributed by atoms with E-state index in [-0.39, 0.29) is 12.1 Å². The minimum absolute atomic E-state index is 0.161. The van der Waals surface area contributed by atoms with Crippen LogP contribution in [0.2, 0.25) is 0 Å². The lowest BCUT2D eigenvalue weighted by molar-refractivity contribution is 0.00701. The van der Waals surface area contributed by atoms with Crippen LogP contribution in [0.15, 0.2) is 40.8 Å². The number of amides is 2. The van der Waals surface area contributed by atoms with E-state index in [2.05, 4.69) is 5.32 Å². The third-order valence-corrected chi connectivity index (χ3v) is 4.31. The molecule has 0 bridgehead atoms. The maximum Gasteiger partial charge on any atom is 0.322 e. The predicted octanol–water partition coefficient (Wildman–Crippen LogP) is 3.59. The second kappa shape index (κ2) is 8.18. The molecule has 1 aromatic heterocycles. The Morgan fingerprint density at radius 2 is 2.16 bits per heavy atom. The number of aryl methyl sites for hydroxylation is 1. The van der Waals surface area contributed by atoms with E-state index in [0.717, 1.165) is 29.2 Å². The number of furan rings is 1. The van der Waals surface area contributed by atoms with E-state index in [1.165, 1.54) is 0 Å². The summed E-state index contributed by atoms with van der Waals surface area (Å²) < 4.78 is 16.6. The van der Waals surface area contributed by atoms with Crippen LogP contribution in [0.25, 0.3) is 0 Å². The number of rotatable bonds is 5. The molecule has 1 aliphatic heterocycles. The third kappa shape index (κ3) is 4.03. The van der Waals surface area contributed by atoms with E-state index >= 15 is 0 Å². The zero-order chi connectivity index (χ0) is 17.6. The molecule has 1 saturated heterocycles. The maximum atomic E-state index is 12.9. The van der Waals surface area contributed by atoms with Crippen LogP contribution in [0.1, 0.15) is 30.0 Å². The molecule has 0 saturated carbocycles. The van der Waals surface area contributed by atoms with Crippen LogP contribution in [-0.4, -0.2) is 37.8 Å². The summed E-state index contributed by atoms with van der Waals surface area (Å²) in [6.45, 7) is 3.96. The molecule has 2 amide bonds. The Hall–Kier alpha value is -2.31. The molecular formula is C19H24N2O4. The van der Waals surface area contributed by atoms with Gasteiger partial charge in [-0.05, 0) is 18.2 Å². The predicted molar refractivity (Wildman–Crippen MR) is 94.5 cm³/mol. The first kappa shape index (κ1) is 17.5. The quantitative estimate of drug-likeness (QED) is 0.900. The first-order valence-corrected chi connectivity index (χ1v) is 8.53. The summed E-state index contributed by atoms with van der Waals surface area (Å²) in [6.07, 6.45) is 0.824. The second-order valence-electron chi connectivity index (χ2n) is 5.96. The molecule has 2 heterocycles. The monoisotopic (exact) mass is 344 g/mol. The molecule has 0 unspecified atom stereocenters. The van der Waals surface area contributed by atoms with Gasteiger partial charge in [0.2, 0.25) is 0 Å². The summed E-state index contributed by atoms with van der Waals surface area (Å²) >= 11 is 0. The number of ether oxygens (including phenoxy) is 2. The number of anilines is 1. The molecule has 0 spiro atoms. The van der Waals surface area contributed by atoms with Crippen LogP contribution < -0.4 is 5.32 Å². The number of carbonyl (C=O) groups excluding carboxylic acids is 1. The molecule has 6 heteroatoms. The van der Waals surface area contributed by atoms with Crippen molar-refractivity contribution in [3.63, 3.8) is 0 Å². The van der Waals surface area contributed by atoms with Gasteiger partial charge in [-0.3, -0.25) is 0 Å². The van der Waals surface area contributed by atoms with Gasteiger partial charge in [0.1, 0.15) is 17.6 Å². The molecule has 1 fully saturated rings. The number of nitrogens with zero attached hydrogens (tertiary/aromatic N) is 1. The lowest BCUT2D eigenvalue weighted by atomic mass is 10.1. The Balaban J connectivity index is 1.77. The molecule has 1 atom stereocenters. The van der Waals surface area contributed by atoms with Gasteiger partial charge < -0.3 is 24.1 Å². The summed E-state index contributed by atoms with van der Waals surface area (Å²) in [4.78, 5) is 14.6. The Kier molecular flexibility index (Phi) is 5.73. The Labute approximate surface area is 147 Å².